The summed E-state index contributed by atoms with van der Waals surface area (Å²) in [5, 5.41) is 0.820. The number of anilines is 1. The summed E-state index contributed by atoms with van der Waals surface area (Å²) in [5.74, 6) is -0.211. The number of pyridine rings is 1. The third kappa shape index (κ3) is 4.99. The number of carbonyl (C=O) groups excluding carboxylic acids is 2. The lowest BCUT2D eigenvalue weighted by Crippen LogP contribution is -2.47. The molecule has 3 heterocycles. The van der Waals surface area contributed by atoms with Crippen molar-refractivity contribution in [2.45, 2.75) is 26.4 Å². The van der Waals surface area contributed by atoms with Gasteiger partial charge in [0.05, 0.1) is 23.7 Å². The van der Waals surface area contributed by atoms with Crippen LogP contribution in [0.3, 0.4) is 0 Å². The second-order valence-corrected chi connectivity index (χ2v) is 9.67. The average Bonchev–Trinajstić information content (AvgIpc) is 3.29. The molecule has 1 aliphatic rings. The van der Waals surface area contributed by atoms with Gasteiger partial charge in [-0.3, -0.25) is 19.5 Å². The molecule has 2 aromatic carbocycles. The van der Waals surface area contributed by atoms with Crippen molar-refractivity contribution in [3.63, 3.8) is 0 Å². The molecule has 0 aliphatic carbocycles. The maximum absolute atomic E-state index is 13.0. The van der Waals surface area contributed by atoms with Crippen molar-refractivity contribution in [3.05, 3.63) is 83.4 Å². The molecule has 5 rings (SSSR count). The van der Waals surface area contributed by atoms with Gasteiger partial charge in [-0.1, -0.05) is 36.4 Å². The number of aromatic nitrogens is 2. The quantitative estimate of drug-likeness (QED) is 0.330. The van der Waals surface area contributed by atoms with E-state index in [2.05, 4.69) is 4.98 Å². The van der Waals surface area contributed by atoms with Crippen LogP contribution in [0, 0.1) is 6.92 Å². The molecule has 8 heteroatoms. The molecule has 36 heavy (non-hydrogen) atoms. The van der Waals surface area contributed by atoms with Gasteiger partial charge in [0, 0.05) is 23.1 Å². The number of rotatable bonds is 7. The molecule has 0 bridgehead atoms. The molecule has 0 radical (unpaired) electrons. The number of nitrogens with zero attached hydrogens (tertiary/aromatic N) is 3. The van der Waals surface area contributed by atoms with Crippen LogP contribution in [-0.2, 0) is 20.7 Å². The number of aryl methyl sites for hydroxylation is 1. The minimum Gasteiger partial charge on any atom is -0.479 e. The van der Waals surface area contributed by atoms with Gasteiger partial charge in [0.25, 0.3) is 5.91 Å². The Kier molecular flexibility index (Phi) is 6.77. The Labute approximate surface area is 213 Å². The molecule has 0 saturated carbocycles. The van der Waals surface area contributed by atoms with Gasteiger partial charge in [-0.15, -0.1) is 11.3 Å². The van der Waals surface area contributed by atoms with E-state index >= 15 is 0 Å². The number of hydrogen-bond donors (Lipinski definition) is 0. The molecular weight excluding hydrogens is 474 g/mol. The van der Waals surface area contributed by atoms with Crippen molar-refractivity contribution in [1.82, 2.24) is 9.97 Å². The van der Waals surface area contributed by atoms with Crippen LogP contribution >= 0.6 is 11.3 Å². The number of ether oxygens (including phenoxy) is 2. The fourth-order valence-electron chi connectivity index (χ4n) is 4.08. The molecule has 0 saturated heterocycles. The van der Waals surface area contributed by atoms with E-state index in [0.717, 1.165) is 32.4 Å². The van der Waals surface area contributed by atoms with E-state index < -0.39 is 12.1 Å². The van der Waals surface area contributed by atoms with Gasteiger partial charge >= 0.3 is 5.97 Å². The number of thiazole rings is 1. The Bertz CT molecular complexity index is 1390. The summed E-state index contributed by atoms with van der Waals surface area (Å²) in [6.45, 7) is 3.74. The summed E-state index contributed by atoms with van der Waals surface area (Å²) in [5.41, 5.74) is 4.06. The van der Waals surface area contributed by atoms with Gasteiger partial charge in [-0.05, 0) is 49.7 Å². The largest absolute Gasteiger partial charge is 0.479 e. The van der Waals surface area contributed by atoms with Crippen LogP contribution in [-0.4, -0.2) is 41.1 Å². The molecule has 182 valence electrons. The highest BCUT2D eigenvalue weighted by Gasteiger charge is 2.33. The zero-order chi connectivity index (χ0) is 25.1. The van der Waals surface area contributed by atoms with E-state index in [0.29, 0.717) is 17.9 Å². The van der Waals surface area contributed by atoms with Gasteiger partial charge in [-0.25, -0.2) is 4.98 Å². The van der Waals surface area contributed by atoms with Crippen LogP contribution in [0.1, 0.15) is 17.4 Å². The van der Waals surface area contributed by atoms with Crippen LogP contribution in [0.2, 0.25) is 0 Å². The number of hydrogen-bond acceptors (Lipinski definition) is 7. The Morgan fingerprint density at radius 2 is 1.92 bits per heavy atom. The molecular formula is C28H25N3O4S. The predicted molar refractivity (Wildman–Crippen MR) is 139 cm³/mol. The summed E-state index contributed by atoms with van der Waals surface area (Å²) in [6, 6.07) is 21.1. The average molecular weight is 500 g/mol. The van der Waals surface area contributed by atoms with Crippen molar-refractivity contribution in [2.24, 2.45) is 0 Å². The zero-order valence-corrected chi connectivity index (χ0v) is 20.8. The third-order valence-corrected chi connectivity index (χ3v) is 6.90. The lowest BCUT2D eigenvalue weighted by atomic mass is 10.1. The molecule has 1 amide bonds. The van der Waals surface area contributed by atoms with E-state index in [1.807, 2.05) is 73.7 Å². The van der Waals surface area contributed by atoms with Gasteiger partial charge in [0.2, 0.25) is 0 Å². The fourth-order valence-corrected chi connectivity index (χ4v) is 5.00. The molecule has 2 aromatic heterocycles. The topological polar surface area (TPSA) is 81.6 Å². The van der Waals surface area contributed by atoms with E-state index in [9.17, 15) is 9.59 Å². The minimum atomic E-state index is -0.697. The Hall–Kier alpha value is -4.04. The first-order chi connectivity index (χ1) is 17.5. The molecule has 7 nitrogen and oxygen atoms in total. The highest BCUT2D eigenvalue weighted by molar-refractivity contribution is 7.15. The fraction of sp³-hybridized carbons (Fsp3) is 0.214. The molecule has 4 aromatic rings. The molecule has 0 fully saturated rings. The first-order valence-corrected chi connectivity index (χ1v) is 12.5. The maximum atomic E-state index is 13.0. The van der Waals surface area contributed by atoms with Gasteiger partial charge < -0.3 is 9.47 Å². The third-order valence-electron chi connectivity index (χ3n) is 5.91. The number of esters is 1. The summed E-state index contributed by atoms with van der Waals surface area (Å²) in [6.07, 6.45) is 1.66. The SMILES string of the molecule is Cc1sc(-c2ccccn2)nc1-c1ccc2c(c1)N(CC(=O)OCCc1ccccc1)C(=O)C(C)O2. The van der Waals surface area contributed by atoms with Crippen molar-refractivity contribution in [1.29, 1.82) is 0 Å². The second kappa shape index (κ2) is 10.3. The van der Waals surface area contributed by atoms with Gasteiger partial charge in [0.1, 0.15) is 17.3 Å². The van der Waals surface area contributed by atoms with Gasteiger partial charge in [0.15, 0.2) is 6.10 Å². The Morgan fingerprint density at radius 3 is 2.69 bits per heavy atom. The van der Waals surface area contributed by atoms with Gasteiger partial charge in [-0.2, -0.15) is 0 Å². The summed E-state index contributed by atoms with van der Waals surface area (Å²) >= 11 is 1.56. The van der Waals surface area contributed by atoms with Crippen molar-refractivity contribution in [3.8, 4) is 27.7 Å². The van der Waals surface area contributed by atoms with Crippen molar-refractivity contribution in [2.75, 3.05) is 18.1 Å². The van der Waals surface area contributed by atoms with E-state index in [1.54, 1.807) is 24.5 Å². The van der Waals surface area contributed by atoms with E-state index in [4.69, 9.17) is 14.5 Å². The lowest BCUT2D eigenvalue weighted by Gasteiger charge is -2.32. The predicted octanol–water partition coefficient (Wildman–Crippen LogP) is 5.08. The van der Waals surface area contributed by atoms with Crippen molar-refractivity contribution < 1.29 is 19.1 Å². The Morgan fingerprint density at radius 1 is 1.11 bits per heavy atom. The van der Waals surface area contributed by atoms with Crippen molar-refractivity contribution >= 4 is 28.9 Å². The van der Waals surface area contributed by atoms with Crippen LogP contribution < -0.4 is 9.64 Å². The normalized spacial score (nSPS) is 14.8. The summed E-state index contributed by atoms with van der Waals surface area (Å²) in [7, 11) is 0. The van der Waals surface area contributed by atoms with E-state index in [-0.39, 0.29) is 19.1 Å². The highest BCUT2D eigenvalue weighted by atomic mass is 32.1. The molecule has 0 N–H and O–H groups in total. The summed E-state index contributed by atoms with van der Waals surface area (Å²) < 4.78 is 11.3. The summed E-state index contributed by atoms with van der Waals surface area (Å²) in [4.78, 5) is 37.3. The minimum absolute atomic E-state index is 0.187. The first kappa shape index (κ1) is 23.7. The number of benzene rings is 2. The monoisotopic (exact) mass is 499 g/mol. The number of fused-ring (bicyclic) bond motifs is 1. The van der Waals surface area contributed by atoms with Crippen LogP contribution in [0.15, 0.2) is 72.9 Å². The molecule has 1 unspecified atom stereocenters. The molecule has 1 atom stereocenters. The van der Waals surface area contributed by atoms with Crippen LogP contribution in [0.4, 0.5) is 5.69 Å². The number of amides is 1. The van der Waals surface area contributed by atoms with Crippen LogP contribution in [0.25, 0.3) is 22.0 Å². The molecule has 0 spiro atoms. The highest BCUT2D eigenvalue weighted by Crippen LogP contribution is 2.39. The zero-order valence-electron chi connectivity index (χ0n) is 20.0. The second-order valence-electron chi connectivity index (χ2n) is 8.46. The first-order valence-electron chi connectivity index (χ1n) is 11.7. The van der Waals surface area contributed by atoms with Crippen LogP contribution in [0.5, 0.6) is 5.75 Å². The number of carbonyl (C=O) groups is 2. The molecule has 1 aliphatic heterocycles. The Balaban J connectivity index is 1.37. The maximum Gasteiger partial charge on any atom is 0.326 e. The standard InChI is InChI=1S/C28H25N3O4S/c1-18-28(33)31(17-25(32)34-15-13-20-8-4-3-5-9-20)23-16-21(11-12-24(23)35-18)26-19(2)36-27(30-26)22-10-6-7-14-29-22/h3-12,14,16,18H,13,15,17H2,1-2H3. The van der Waals surface area contributed by atoms with E-state index in [1.165, 1.54) is 4.90 Å². The smallest absolute Gasteiger partial charge is 0.326 e. The lowest BCUT2D eigenvalue weighted by molar-refractivity contribution is -0.143.